The van der Waals surface area contributed by atoms with Crippen molar-refractivity contribution in [2.45, 2.75) is 51.5 Å². The first-order chi connectivity index (χ1) is 11.5. The minimum atomic E-state index is -0.521. The van der Waals surface area contributed by atoms with Gasteiger partial charge in [0.25, 0.3) is 5.91 Å². The number of ether oxygens (including phenoxy) is 1. The fraction of sp³-hybridized carbons (Fsp3) is 0.579. The van der Waals surface area contributed by atoms with Crippen molar-refractivity contribution in [3.05, 3.63) is 35.6 Å². The normalized spacial score (nSPS) is 17.0. The molecule has 1 saturated carbocycles. The van der Waals surface area contributed by atoms with E-state index in [4.69, 9.17) is 4.74 Å². The van der Waals surface area contributed by atoms with Gasteiger partial charge in [-0.3, -0.25) is 9.59 Å². The summed E-state index contributed by atoms with van der Waals surface area (Å²) in [7, 11) is 1.34. The molecule has 2 rings (SSSR count). The van der Waals surface area contributed by atoms with Crippen molar-refractivity contribution in [1.82, 2.24) is 4.90 Å². The van der Waals surface area contributed by atoms with Gasteiger partial charge in [0, 0.05) is 12.6 Å². The Morgan fingerprint density at radius 2 is 1.83 bits per heavy atom. The van der Waals surface area contributed by atoms with Gasteiger partial charge in [-0.05, 0) is 25.0 Å². The van der Waals surface area contributed by atoms with E-state index in [1.807, 2.05) is 0 Å². The molecular formula is C19H26FNO3. The Kier molecular flexibility index (Phi) is 6.76. The summed E-state index contributed by atoms with van der Waals surface area (Å²) >= 11 is 0. The summed E-state index contributed by atoms with van der Waals surface area (Å²) in [6, 6.07) is 6.07. The highest BCUT2D eigenvalue weighted by atomic mass is 19.1. The minimum absolute atomic E-state index is 0.0479. The zero-order valence-corrected chi connectivity index (χ0v) is 14.5. The van der Waals surface area contributed by atoms with Crippen molar-refractivity contribution in [3.8, 4) is 0 Å². The second-order valence-corrected chi connectivity index (χ2v) is 6.51. The number of carbonyl (C=O) groups excluding carboxylic acids is 2. The number of carbonyl (C=O) groups is 2. The number of hydrogen-bond donors (Lipinski definition) is 0. The lowest BCUT2D eigenvalue weighted by Crippen LogP contribution is -2.44. The van der Waals surface area contributed by atoms with E-state index in [1.165, 1.54) is 19.2 Å². The number of methoxy groups -OCH3 is 1. The second kappa shape index (κ2) is 8.81. The van der Waals surface area contributed by atoms with Crippen LogP contribution in [0.5, 0.6) is 0 Å². The molecule has 1 aromatic carbocycles. The van der Waals surface area contributed by atoms with E-state index in [1.54, 1.807) is 24.0 Å². The minimum Gasteiger partial charge on any atom is -0.469 e. The van der Waals surface area contributed by atoms with Gasteiger partial charge in [0.15, 0.2) is 0 Å². The SMILES string of the molecule is COC(=O)C(C)CN(C(=O)c1ccccc1F)C1CCCCCC1. The van der Waals surface area contributed by atoms with E-state index in [0.717, 1.165) is 38.5 Å². The molecule has 4 nitrogen and oxygen atoms in total. The molecule has 5 heteroatoms. The Labute approximate surface area is 143 Å². The van der Waals surface area contributed by atoms with Crippen LogP contribution < -0.4 is 0 Å². The van der Waals surface area contributed by atoms with E-state index in [9.17, 15) is 14.0 Å². The number of esters is 1. The predicted molar refractivity (Wildman–Crippen MR) is 90.1 cm³/mol. The number of amides is 1. The highest BCUT2D eigenvalue weighted by Crippen LogP contribution is 2.25. The number of hydrogen-bond acceptors (Lipinski definition) is 3. The van der Waals surface area contributed by atoms with Crippen molar-refractivity contribution in [3.63, 3.8) is 0 Å². The maximum absolute atomic E-state index is 14.1. The molecular weight excluding hydrogens is 309 g/mol. The summed E-state index contributed by atoms with van der Waals surface area (Å²) < 4.78 is 18.9. The molecule has 1 aliphatic carbocycles. The Morgan fingerprint density at radius 3 is 2.42 bits per heavy atom. The number of nitrogens with zero attached hydrogens (tertiary/aromatic N) is 1. The zero-order valence-electron chi connectivity index (χ0n) is 14.5. The van der Waals surface area contributed by atoms with Gasteiger partial charge < -0.3 is 9.64 Å². The number of rotatable bonds is 5. The molecule has 0 bridgehead atoms. The largest absolute Gasteiger partial charge is 0.469 e. The standard InChI is InChI=1S/C19H26FNO3/c1-14(19(23)24-2)13-21(15-9-5-3-4-6-10-15)18(22)16-11-7-8-12-17(16)20/h7-8,11-12,14-15H,3-6,9-10,13H2,1-2H3. The van der Waals surface area contributed by atoms with E-state index >= 15 is 0 Å². The Morgan fingerprint density at radius 1 is 1.21 bits per heavy atom. The fourth-order valence-electron chi connectivity index (χ4n) is 3.33. The smallest absolute Gasteiger partial charge is 0.310 e. The van der Waals surface area contributed by atoms with Crippen LogP contribution in [0.4, 0.5) is 4.39 Å². The van der Waals surface area contributed by atoms with Gasteiger partial charge in [0.1, 0.15) is 5.82 Å². The molecule has 1 fully saturated rings. The van der Waals surface area contributed by atoms with Gasteiger partial charge in [-0.25, -0.2) is 4.39 Å². The van der Waals surface area contributed by atoms with Gasteiger partial charge >= 0.3 is 5.97 Å². The molecule has 0 spiro atoms. The maximum atomic E-state index is 14.1. The lowest BCUT2D eigenvalue weighted by molar-refractivity contribution is -0.145. The molecule has 0 saturated heterocycles. The third kappa shape index (κ3) is 4.56. The molecule has 0 N–H and O–H groups in total. The van der Waals surface area contributed by atoms with Crippen LogP contribution in [0.3, 0.4) is 0 Å². The first-order valence-corrected chi connectivity index (χ1v) is 8.68. The average molecular weight is 335 g/mol. The zero-order chi connectivity index (χ0) is 17.5. The third-order valence-corrected chi connectivity index (χ3v) is 4.70. The van der Waals surface area contributed by atoms with E-state index in [2.05, 4.69) is 0 Å². The van der Waals surface area contributed by atoms with Crippen molar-refractivity contribution >= 4 is 11.9 Å². The maximum Gasteiger partial charge on any atom is 0.310 e. The molecule has 1 unspecified atom stereocenters. The van der Waals surface area contributed by atoms with Crippen LogP contribution in [0.25, 0.3) is 0 Å². The van der Waals surface area contributed by atoms with Gasteiger partial charge in [-0.1, -0.05) is 44.7 Å². The molecule has 1 aromatic rings. The van der Waals surface area contributed by atoms with Crippen LogP contribution >= 0.6 is 0 Å². The monoisotopic (exact) mass is 335 g/mol. The first kappa shape index (κ1) is 18.4. The Bertz CT molecular complexity index is 567. The third-order valence-electron chi connectivity index (χ3n) is 4.70. The van der Waals surface area contributed by atoms with E-state index in [-0.39, 0.29) is 30.0 Å². The van der Waals surface area contributed by atoms with Gasteiger partial charge in [-0.2, -0.15) is 0 Å². The highest BCUT2D eigenvalue weighted by molar-refractivity contribution is 5.95. The summed E-state index contributed by atoms with van der Waals surface area (Å²) in [5.41, 5.74) is 0.0683. The van der Waals surface area contributed by atoms with Crippen LogP contribution in [0.15, 0.2) is 24.3 Å². The Hall–Kier alpha value is -1.91. The molecule has 0 aliphatic heterocycles. The Balaban J connectivity index is 2.25. The molecule has 0 radical (unpaired) electrons. The molecule has 0 heterocycles. The summed E-state index contributed by atoms with van der Waals surface area (Å²) in [4.78, 5) is 26.4. The van der Waals surface area contributed by atoms with Crippen molar-refractivity contribution in [2.75, 3.05) is 13.7 Å². The molecule has 24 heavy (non-hydrogen) atoms. The van der Waals surface area contributed by atoms with Crippen molar-refractivity contribution in [2.24, 2.45) is 5.92 Å². The molecule has 1 atom stereocenters. The summed E-state index contributed by atoms with van der Waals surface area (Å²) in [5, 5.41) is 0. The van der Waals surface area contributed by atoms with E-state index < -0.39 is 11.7 Å². The fourth-order valence-corrected chi connectivity index (χ4v) is 3.33. The number of halogens is 1. The topological polar surface area (TPSA) is 46.6 Å². The molecule has 0 aromatic heterocycles. The van der Waals surface area contributed by atoms with E-state index in [0.29, 0.717) is 0 Å². The summed E-state index contributed by atoms with van der Waals surface area (Å²) in [6.07, 6.45) is 6.22. The van der Waals surface area contributed by atoms with Crippen LogP contribution in [0, 0.1) is 11.7 Å². The van der Waals surface area contributed by atoms with Crippen molar-refractivity contribution in [1.29, 1.82) is 0 Å². The first-order valence-electron chi connectivity index (χ1n) is 8.68. The van der Waals surface area contributed by atoms with Gasteiger partial charge in [0.2, 0.25) is 0 Å². The molecule has 1 aliphatic rings. The predicted octanol–water partition coefficient (Wildman–Crippen LogP) is 3.80. The lowest BCUT2D eigenvalue weighted by atomic mass is 10.0. The van der Waals surface area contributed by atoms with Crippen LogP contribution in [-0.4, -0.2) is 36.5 Å². The quantitative estimate of drug-likeness (QED) is 0.607. The van der Waals surface area contributed by atoms with Crippen LogP contribution in [0.2, 0.25) is 0 Å². The average Bonchev–Trinajstić information content (AvgIpc) is 2.87. The van der Waals surface area contributed by atoms with Gasteiger partial charge in [-0.15, -0.1) is 0 Å². The molecule has 1 amide bonds. The highest BCUT2D eigenvalue weighted by Gasteiger charge is 2.30. The van der Waals surface area contributed by atoms with Crippen molar-refractivity contribution < 1.29 is 18.7 Å². The van der Waals surface area contributed by atoms with Crippen LogP contribution in [0.1, 0.15) is 55.8 Å². The molecule has 132 valence electrons. The van der Waals surface area contributed by atoms with Crippen LogP contribution in [-0.2, 0) is 9.53 Å². The summed E-state index contributed by atoms with van der Waals surface area (Å²) in [5.74, 6) is -1.65. The van der Waals surface area contributed by atoms with Gasteiger partial charge in [0.05, 0.1) is 18.6 Å². The second-order valence-electron chi connectivity index (χ2n) is 6.51. The summed E-state index contributed by atoms with van der Waals surface area (Å²) in [6.45, 7) is 1.99. The lowest BCUT2D eigenvalue weighted by Gasteiger charge is -2.33. The number of benzene rings is 1.